The summed E-state index contributed by atoms with van der Waals surface area (Å²) in [5.41, 5.74) is 2.74. The number of halogens is 4. The number of aliphatic carboxylic acids is 1. The van der Waals surface area contributed by atoms with E-state index in [0.717, 1.165) is 11.3 Å². The number of amides is 1. The lowest BCUT2D eigenvalue weighted by Crippen LogP contribution is -2.32. The highest BCUT2D eigenvalue weighted by molar-refractivity contribution is 6.33. The molecule has 3 rings (SSSR count). The van der Waals surface area contributed by atoms with Gasteiger partial charge >= 0.3 is 12.1 Å². The van der Waals surface area contributed by atoms with Crippen LogP contribution in [0.1, 0.15) is 36.2 Å². The molecule has 0 saturated heterocycles. The van der Waals surface area contributed by atoms with E-state index in [0.29, 0.717) is 23.5 Å². The number of carboxylic acid groups (broad SMARTS) is 1. The zero-order valence-electron chi connectivity index (χ0n) is 21.5. The molecule has 0 aromatic heterocycles. The van der Waals surface area contributed by atoms with Crippen molar-refractivity contribution in [3.8, 4) is 16.9 Å². The quantitative estimate of drug-likeness (QED) is 0.225. The molecule has 1 atom stereocenters. The number of hydrogen-bond donors (Lipinski definition) is 3. The van der Waals surface area contributed by atoms with E-state index in [2.05, 4.69) is 24.5 Å². The van der Waals surface area contributed by atoms with Crippen molar-refractivity contribution in [1.29, 1.82) is 0 Å². The predicted molar refractivity (Wildman–Crippen MR) is 145 cm³/mol. The second-order valence-electron chi connectivity index (χ2n) is 9.41. The van der Waals surface area contributed by atoms with Crippen LogP contribution < -0.4 is 15.4 Å². The average molecular weight is 563 g/mol. The van der Waals surface area contributed by atoms with Crippen molar-refractivity contribution in [3.63, 3.8) is 0 Å². The molecule has 3 N–H and O–H groups in total. The number of nitrogens with one attached hydrogen (secondary N) is 2. The van der Waals surface area contributed by atoms with Gasteiger partial charge in [-0.15, -0.1) is 0 Å². The molecule has 3 aromatic rings. The molecule has 0 aliphatic carbocycles. The lowest BCUT2D eigenvalue weighted by molar-refractivity contribution is -0.136. The molecule has 0 aliphatic heterocycles. The van der Waals surface area contributed by atoms with Gasteiger partial charge in [0, 0.05) is 28.4 Å². The molecule has 3 aromatic carbocycles. The normalized spacial score (nSPS) is 12.2. The van der Waals surface area contributed by atoms with E-state index < -0.39 is 18.6 Å². The van der Waals surface area contributed by atoms with Gasteiger partial charge in [0.15, 0.2) is 0 Å². The molecule has 208 valence electrons. The van der Waals surface area contributed by atoms with Crippen LogP contribution in [0.15, 0.2) is 66.7 Å². The standard InChI is InChI=1S/C29H30ClF3N2O4/c1-18(2)26(35-22-8-4-21(5-9-22)28(38)34-14-13-27(36)37)17-39-23-10-6-20(7-11-23)24-12-3-19(15-25(24)30)16-29(31,32)33/h3-12,15,18,26,35H,13-14,16-17H2,1-2H3,(H,34,38)(H,36,37)/t26-/m0/s1. The Morgan fingerprint density at radius 2 is 1.67 bits per heavy atom. The minimum Gasteiger partial charge on any atom is -0.491 e. The Bertz CT molecular complexity index is 1260. The summed E-state index contributed by atoms with van der Waals surface area (Å²) in [6, 6.07) is 18.4. The summed E-state index contributed by atoms with van der Waals surface area (Å²) in [6.45, 7) is 4.53. The molecule has 0 aliphatic rings. The number of hydrogen-bond acceptors (Lipinski definition) is 4. The van der Waals surface area contributed by atoms with Gasteiger partial charge in [0.1, 0.15) is 12.4 Å². The van der Waals surface area contributed by atoms with Crippen LogP contribution in [0.25, 0.3) is 11.1 Å². The predicted octanol–water partition coefficient (Wildman–Crippen LogP) is 6.83. The molecular weight excluding hydrogens is 533 g/mol. The van der Waals surface area contributed by atoms with Gasteiger partial charge in [0.2, 0.25) is 0 Å². The number of alkyl halides is 3. The SMILES string of the molecule is CC(C)[C@H](COc1ccc(-c2ccc(CC(F)(F)F)cc2Cl)cc1)Nc1ccc(C(=O)NCCC(=O)O)cc1. The third-order valence-electron chi connectivity index (χ3n) is 5.96. The first-order valence-corrected chi connectivity index (χ1v) is 12.7. The summed E-state index contributed by atoms with van der Waals surface area (Å²) in [7, 11) is 0. The van der Waals surface area contributed by atoms with Gasteiger partial charge in [-0.25, -0.2) is 0 Å². The van der Waals surface area contributed by atoms with E-state index >= 15 is 0 Å². The summed E-state index contributed by atoms with van der Waals surface area (Å²) >= 11 is 6.26. The lowest BCUT2D eigenvalue weighted by Gasteiger charge is -2.24. The summed E-state index contributed by atoms with van der Waals surface area (Å²) in [5, 5.41) is 14.9. The zero-order chi connectivity index (χ0) is 28.6. The van der Waals surface area contributed by atoms with Crippen molar-refractivity contribution >= 4 is 29.2 Å². The van der Waals surface area contributed by atoms with Crippen molar-refractivity contribution in [2.45, 2.75) is 38.9 Å². The summed E-state index contributed by atoms with van der Waals surface area (Å²) in [6.07, 6.45) is -5.47. The Labute approximate surface area is 230 Å². The Kier molecular flexibility index (Phi) is 10.2. The maximum absolute atomic E-state index is 12.7. The highest BCUT2D eigenvalue weighted by Crippen LogP contribution is 2.32. The van der Waals surface area contributed by atoms with E-state index in [-0.39, 0.29) is 41.4 Å². The van der Waals surface area contributed by atoms with Gasteiger partial charge in [-0.1, -0.05) is 49.7 Å². The fourth-order valence-electron chi connectivity index (χ4n) is 3.77. The molecule has 0 saturated carbocycles. The number of carbonyl (C=O) groups is 2. The molecule has 10 heteroatoms. The molecule has 0 fully saturated rings. The molecule has 0 heterocycles. The molecule has 0 spiro atoms. The molecule has 39 heavy (non-hydrogen) atoms. The van der Waals surface area contributed by atoms with Gasteiger partial charge in [-0.2, -0.15) is 13.2 Å². The number of benzene rings is 3. The van der Waals surface area contributed by atoms with Crippen LogP contribution >= 0.6 is 11.6 Å². The number of anilines is 1. The number of carbonyl (C=O) groups excluding carboxylic acids is 1. The Morgan fingerprint density at radius 1 is 1.00 bits per heavy atom. The van der Waals surface area contributed by atoms with Gasteiger partial charge in [-0.3, -0.25) is 9.59 Å². The zero-order valence-corrected chi connectivity index (χ0v) is 22.3. The first-order valence-electron chi connectivity index (χ1n) is 12.4. The Morgan fingerprint density at radius 3 is 2.23 bits per heavy atom. The molecule has 0 bridgehead atoms. The van der Waals surface area contributed by atoms with Crippen LogP contribution in [0.2, 0.25) is 5.02 Å². The van der Waals surface area contributed by atoms with Crippen molar-refractivity contribution in [2.75, 3.05) is 18.5 Å². The fourth-order valence-corrected chi connectivity index (χ4v) is 4.08. The second-order valence-corrected chi connectivity index (χ2v) is 9.82. The van der Waals surface area contributed by atoms with Crippen molar-refractivity contribution < 1.29 is 32.6 Å². The van der Waals surface area contributed by atoms with E-state index in [9.17, 15) is 22.8 Å². The fraction of sp³-hybridized carbons (Fsp3) is 0.310. The largest absolute Gasteiger partial charge is 0.491 e. The van der Waals surface area contributed by atoms with Crippen LogP contribution in [0.4, 0.5) is 18.9 Å². The molecule has 1 amide bonds. The van der Waals surface area contributed by atoms with Crippen molar-refractivity contribution in [3.05, 3.63) is 82.9 Å². The summed E-state index contributed by atoms with van der Waals surface area (Å²) in [4.78, 5) is 22.7. The summed E-state index contributed by atoms with van der Waals surface area (Å²) in [5.74, 6) is -0.468. The first-order chi connectivity index (χ1) is 18.4. The van der Waals surface area contributed by atoms with E-state index in [4.69, 9.17) is 21.4 Å². The average Bonchev–Trinajstić information content (AvgIpc) is 2.86. The minimum absolute atomic E-state index is 0.0458. The van der Waals surface area contributed by atoms with Gasteiger partial charge in [0.05, 0.1) is 18.9 Å². The summed E-state index contributed by atoms with van der Waals surface area (Å²) < 4.78 is 44.0. The Balaban J connectivity index is 1.57. The van der Waals surface area contributed by atoms with Gasteiger partial charge in [-0.05, 0) is 59.5 Å². The third-order valence-corrected chi connectivity index (χ3v) is 6.27. The van der Waals surface area contributed by atoms with Crippen LogP contribution in [0.5, 0.6) is 5.75 Å². The first kappa shape index (κ1) is 29.8. The molecule has 6 nitrogen and oxygen atoms in total. The molecule has 0 unspecified atom stereocenters. The van der Waals surface area contributed by atoms with Crippen molar-refractivity contribution in [1.82, 2.24) is 5.32 Å². The maximum Gasteiger partial charge on any atom is 0.393 e. The molecule has 0 radical (unpaired) electrons. The Hall–Kier alpha value is -3.72. The monoisotopic (exact) mass is 562 g/mol. The van der Waals surface area contributed by atoms with Crippen LogP contribution in [0, 0.1) is 5.92 Å². The highest BCUT2D eigenvalue weighted by atomic mass is 35.5. The third kappa shape index (κ3) is 9.51. The van der Waals surface area contributed by atoms with Crippen LogP contribution in [-0.2, 0) is 11.2 Å². The van der Waals surface area contributed by atoms with Gasteiger partial charge < -0.3 is 20.5 Å². The van der Waals surface area contributed by atoms with Crippen LogP contribution in [-0.4, -0.2) is 42.4 Å². The smallest absolute Gasteiger partial charge is 0.393 e. The lowest BCUT2D eigenvalue weighted by atomic mass is 10.0. The van der Waals surface area contributed by atoms with Crippen LogP contribution in [0.3, 0.4) is 0 Å². The maximum atomic E-state index is 12.7. The second kappa shape index (κ2) is 13.4. The highest BCUT2D eigenvalue weighted by Gasteiger charge is 2.27. The number of carboxylic acids is 1. The van der Waals surface area contributed by atoms with E-state index in [1.165, 1.54) is 12.1 Å². The minimum atomic E-state index is -4.29. The molecular formula is C29H30ClF3N2O4. The van der Waals surface area contributed by atoms with Gasteiger partial charge in [0.25, 0.3) is 5.91 Å². The number of ether oxygens (including phenoxy) is 1. The topological polar surface area (TPSA) is 87.7 Å². The number of rotatable bonds is 12. The van der Waals surface area contributed by atoms with Crippen molar-refractivity contribution in [2.24, 2.45) is 5.92 Å². The van der Waals surface area contributed by atoms with E-state index in [1.807, 2.05) is 0 Å². The van der Waals surface area contributed by atoms with E-state index in [1.54, 1.807) is 54.6 Å².